The maximum Gasteiger partial charge on any atom is 0.225 e. The van der Waals surface area contributed by atoms with Crippen LogP contribution in [0.2, 0.25) is 0 Å². The van der Waals surface area contributed by atoms with E-state index in [0.717, 1.165) is 25.1 Å². The summed E-state index contributed by atoms with van der Waals surface area (Å²) < 4.78 is 0. The van der Waals surface area contributed by atoms with Crippen LogP contribution in [0.3, 0.4) is 0 Å². The Balaban J connectivity index is 1.95. The lowest BCUT2D eigenvalue weighted by atomic mass is 10.1. The number of anilines is 1. The van der Waals surface area contributed by atoms with Crippen LogP contribution < -0.4 is 10.2 Å². The Morgan fingerprint density at radius 2 is 2.00 bits per heavy atom. The molecule has 1 atom stereocenters. The van der Waals surface area contributed by atoms with Gasteiger partial charge in [0, 0.05) is 43.1 Å². The highest BCUT2D eigenvalue weighted by Crippen LogP contribution is 2.23. The van der Waals surface area contributed by atoms with Gasteiger partial charge in [0.05, 0.1) is 5.60 Å². The van der Waals surface area contributed by atoms with Crippen LogP contribution in [0.1, 0.15) is 39.7 Å². The molecule has 106 valence electrons. The molecule has 1 aromatic rings. The summed E-state index contributed by atoms with van der Waals surface area (Å²) in [5.74, 6) is 0.706. The highest BCUT2D eigenvalue weighted by Gasteiger charge is 2.32. The number of β-amino-alcohol motifs (C(OH)–C–C–N with tert-alkyl or cyclic N) is 1. The quantitative estimate of drug-likeness (QED) is 0.862. The Morgan fingerprint density at radius 3 is 2.47 bits per heavy atom. The first-order valence-electron chi connectivity index (χ1n) is 6.78. The van der Waals surface area contributed by atoms with E-state index in [0.29, 0.717) is 12.5 Å². The number of nitrogens with zero attached hydrogens (tertiary/aromatic N) is 3. The predicted octanol–water partition coefficient (Wildman–Crippen LogP) is 1.33. The summed E-state index contributed by atoms with van der Waals surface area (Å²) in [5, 5.41) is 13.4. The number of hydrogen-bond acceptors (Lipinski definition) is 5. The lowest BCUT2D eigenvalue weighted by Gasteiger charge is -2.21. The molecule has 1 aliphatic heterocycles. The van der Waals surface area contributed by atoms with Crippen molar-refractivity contribution in [2.45, 2.75) is 51.8 Å². The van der Waals surface area contributed by atoms with Gasteiger partial charge in [-0.3, -0.25) is 0 Å². The van der Waals surface area contributed by atoms with Crippen molar-refractivity contribution in [1.29, 1.82) is 0 Å². The monoisotopic (exact) mass is 264 g/mol. The maximum absolute atomic E-state index is 9.95. The first kappa shape index (κ1) is 14.2. The average molecular weight is 264 g/mol. The van der Waals surface area contributed by atoms with E-state index >= 15 is 0 Å². The molecule has 2 heterocycles. The molecule has 0 radical (unpaired) electrons. The summed E-state index contributed by atoms with van der Waals surface area (Å²) in [5.41, 5.74) is 0.548. The third kappa shape index (κ3) is 4.14. The van der Waals surface area contributed by atoms with E-state index in [1.165, 1.54) is 0 Å². The SMILES string of the molecule is CC1(O)CCN(c2ncc(CNC(C)(C)C)cn2)C1. The standard InChI is InChI=1S/C14H24N4O/c1-13(2,3)17-9-11-7-15-12(16-8-11)18-6-5-14(4,19)10-18/h7-8,17,19H,5-6,9-10H2,1-4H3. The molecule has 0 bridgehead atoms. The lowest BCUT2D eigenvalue weighted by Crippen LogP contribution is -2.35. The molecule has 1 saturated heterocycles. The highest BCUT2D eigenvalue weighted by atomic mass is 16.3. The molecule has 0 aromatic carbocycles. The minimum absolute atomic E-state index is 0.0896. The second kappa shape index (κ2) is 5.06. The van der Waals surface area contributed by atoms with Gasteiger partial charge in [-0.05, 0) is 34.1 Å². The molecule has 5 nitrogen and oxygen atoms in total. The summed E-state index contributed by atoms with van der Waals surface area (Å²) in [7, 11) is 0. The smallest absolute Gasteiger partial charge is 0.225 e. The number of aliphatic hydroxyl groups is 1. The predicted molar refractivity (Wildman–Crippen MR) is 76.1 cm³/mol. The van der Waals surface area contributed by atoms with Gasteiger partial charge in [-0.25, -0.2) is 9.97 Å². The molecule has 1 unspecified atom stereocenters. The van der Waals surface area contributed by atoms with Crippen molar-refractivity contribution in [1.82, 2.24) is 15.3 Å². The molecular weight excluding hydrogens is 240 g/mol. The van der Waals surface area contributed by atoms with Gasteiger partial charge in [-0.1, -0.05) is 0 Å². The van der Waals surface area contributed by atoms with Gasteiger partial charge in [-0.2, -0.15) is 0 Å². The van der Waals surface area contributed by atoms with Crippen LogP contribution in [0.4, 0.5) is 5.95 Å². The van der Waals surface area contributed by atoms with Gasteiger partial charge >= 0.3 is 0 Å². The fourth-order valence-electron chi connectivity index (χ4n) is 2.09. The van der Waals surface area contributed by atoms with Gasteiger partial charge in [0.2, 0.25) is 5.95 Å². The maximum atomic E-state index is 9.95. The Morgan fingerprint density at radius 1 is 1.37 bits per heavy atom. The number of rotatable bonds is 3. The van der Waals surface area contributed by atoms with Gasteiger partial charge in [-0.15, -0.1) is 0 Å². The second-order valence-electron chi connectivity index (χ2n) is 6.66. The van der Waals surface area contributed by atoms with E-state index in [-0.39, 0.29) is 5.54 Å². The molecule has 0 saturated carbocycles. The third-order valence-electron chi connectivity index (χ3n) is 3.25. The molecule has 1 fully saturated rings. The van der Waals surface area contributed by atoms with Crippen molar-refractivity contribution in [3.05, 3.63) is 18.0 Å². The van der Waals surface area contributed by atoms with Crippen molar-refractivity contribution in [2.24, 2.45) is 0 Å². The topological polar surface area (TPSA) is 61.3 Å². The van der Waals surface area contributed by atoms with Gasteiger partial charge in [0.25, 0.3) is 0 Å². The minimum atomic E-state index is -0.615. The second-order valence-corrected chi connectivity index (χ2v) is 6.66. The molecule has 0 spiro atoms. The molecule has 2 rings (SSSR count). The molecule has 0 amide bonds. The number of aromatic nitrogens is 2. The largest absolute Gasteiger partial charge is 0.388 e. The summed E-state index contributed by atoms with van der Waals surface area (Å²) in [6.45, 7) is 10.4. The van der Waals surface area contributed by atoms with Crippen molar-refractivity contribution < 1.29 is 5.11 Å². The molecule has 19 heavy (non-hydrogen) atoms. The zero-order valence-electron chi connectivity index (χ0n) is 12.3. The molecule has 0 aliphatic carbocycles. The number of hydrogen-bond donors (Lipinski definition) is 2. The van der Waals surface area contributed by atoms with Crippen molar-refractivity contribution in [3.8, 4) is 0 Å². The summed E-state index contributed by atoms with van der Waals surface area (Å²) in [4.78, 5) is 10.8. The normalized spacial score (nSPS) is 23.9. The van der Waals surface area contributed by atoms with Crippen LogP contribution in [0.25, 0.3) is 0 Å². The van der Waals surface area contributed by atoms with Crippen LogP contribution in [0.5, 0.6) is 0 Å². The highest BCUT2D eigenvalue weighted by molar-refractivity contribution is 5.33. The fraction of sp³-hybridized carbons (Fsp3) is 0.714. The Bertz CT molecular complexity index is 422. The van der Waals surface area contributed by atoms with E-state index in [1.807, 2.05) is 24.2 Å². The van der Waals surface area contributed by atoms with Crippen molar-refractivity contribution >= 4 is 5.95 Å². The first-order valence-corrected chi connectivity index (χ1v) is 6.78. The molecule has 1 aromatic heterocycles. The summed E-state index contributed by atoms with van der Waals surface area (Å²) >= 11 is 0. The third-order valence-corrected chi connectivity index (χ3v) is 3.25. The van der Waals surface area contributed by atoms with Crippen LogP contribution in [0.15, 0.2) is 12.4 Å². The van der Waals surface area contributed by atoms with E-state index in [2.05, 4.69) is 36.1 Å². The van der Waals surface area contributed by atoms with Crippen molar-refractivity contribution in [3.63, 3.8) is 0 Å². The summed E-state index contributed by atoms with van der Waals surface area (Å²) in [6, 6.07) is 0. The molecular formula is C14H24N4O. The van der Waals surface area contributed by atoms with E-state index in [1.54, 1.807) is 0 Å². The van der Waals surface area contributed by atoms with E-state index < -0.39 is 5.60 Å². The van der Waals surface area contributed by atoms with Crippen LogP contribution in [-0.4, -0.2) is 39.3 Å². The van der Waals surface area contributed by atoms with Crippen LogP contribution in [0, 0.1) is 0 Å². The zero-order valence-corrected chi connectivity index (χ0v) is 12.3. The molecule has 5 heteroatoms. The van der Waals surface area contributed by atoms with Crippen molar-refractivity contribution in [2.75, 3.05) is 18.0 Å². The van der Waals surface area contributed by atoms with E-state index in [9.17, 15) is 5.11 Å². The van der Waals surface area contributed by atoms with Gasteiger partial charge < -0.3 is 15.3 Å². The first-order chi connectivity index (χ1) is 8.75. The van der Waals surface area contributed by atoms with Crippen LogP contribution in [-0.2, 0) is 6.54 Å². The molecule has 1 aliphatic rings. The van der Waals surface area contributed by atoms with Gasteiger partial charge in [0.1, 0.15) is 0 Å². The Hall–Kier alpha value is -1.20. The molecule has 2 N–H and O–H groups in total. The summed E-state index contributed by atoms with van der Waals surface area (Å²) in [6.07, 6.45) is 4.48. The zero-order chi connectivity index (χ0) is 14.1. The fourth-order valence-corrected chi connectivity index (χ4v) is 2.09. The minimum Gasteiger partial charge on any atom is -0.388 e. The number of nitrogens with one attached hydrogen (secondary N) is 1. The van der Waals surface area contributed by atoms with Gasteiger partial charge in [0.15, 0.2) is 0 Å². The van der Waals surface area contributed by atoms with E-state index in [4.69, 9.17) is 0 Å². The van der Waals surface area contributed by atoms with Crippen LogP contribution >= 0.6 is 0 Å². The Labute approximate surface area is 115 Å². The average Bonchev–Trinajstić information content (AvgIpc) is 2.67. The Kier molecular flexibility index (Phi) is 3.78. The lowest BCUT2D eigenvalue weighted by molar-refractivity contribution is 0.0838.